The van der Waals surface area contributed by atoms with Crippen molar-refractivity contribution in [1.29, 1.82) is 0 Å². The van der Waals surface area contributed by atoms with Crippen LogP contribution in [0.5, 0.6) is 0 Å². The van der Waals surface area contributed by atoms with Gasteiger partial charge in [0.1, 0.15) is 0 Å². The van der Waals surface area contributed by atoms with Gasteiger partial charge in [0.25, 0.3) is 0 Å². The molecule has 0 bridgehead atoms. The molecule has 1 aromatic rings. The molecule has 104 valence electrons. The second-order valence-electron chi connectivity index (χ2n) is 4.73. The number of amides is 1. The maximum absolute atomic E-state index is 12.0. The first-order chi connectivity index (χ1) is 8.76. The van der Waals surface area contributed by atoms with Gasteiger partial charge in [0.05, 0.1) is 11.4 Å². The van der Waals surface area contributed by atoms with Crippen molar-refractivity contribution < 1.29 is 13.2 Å². The summed E-state index contributed by atoms with van der Waals surface area (Å²) in [5, 5.41) is 0. The van der Waals surface area contributed by atoms with Gasteiger partial charge in [0.2, 0.25) is 15.0 Å². The van der Waals surface area contributed by atoms with E-state index in [4.69, 9.17) is 10.7 Å². The number of rotatable bonds is 3. The Bertz CT molecular complexity index is 617. The van der Waals surface area contributed by atoms with E-state index in [0.29, 0.717) is 6.54 Å². The third-order valence-corrected chi connectivity index (χ3v) is 4.92. The van der Waals surface area contributed by atoms with Crippen molar-refractivity contribution in [3.8, 4) is 0 Å². The van der Waals surface area contributed by atoms with E-state index in [2.05, 4.69) is 15.9 Å². The van der Waals surface area contributed by atoms with Gasteiger partial charge in [-0.1, -0.05) is 6.07 Å². The zero-order valence-electron chi connectivity index (χ0n) is 10.3. The summed E-state index contributed by atoms with van der Waals surface area (Å²) < 4.78 is 23.0. The van der Waals surface area contributed by atoms with Gasteiger partial charge in [0.15, 0.2) is 0 Å². The van der Waals surface area contributed by atoms with Gasteiger partial charge in [-0.25, -0.2) is 8.42 Å². The number of hydrogen-bond acceptors (Lipinski definition) is 3. The van der Waals surface area contributed by atoms with Crippen LogP contribution in [0.15, 0.2) is 22.7 Å². The Morgan fingerprint density at radius 1 is 1.47 bits per heavy atom. The van der Waals surface area contributed by atoms with Gasteiger partial charge < -0.3 is 4.90 Å². The van der Waals surface area contributed by atoms with Crippen molar-refractivity contribution >= 4 is 47.3 Å². The van der Waals surface area contributed by atoms with Crippen LogP contribution in [0.2, 0.25) is 0 Å². The normalized spacial score (nSPS) is 20.1. The van der Waals surface area contributed by atoms with E-state index in [1.54, 1.807) is 4.90 Å². The number of nitrogens with zero attached hydrogens (tertiary/aromatic N) is 1. The molecule has 1 amide bonds. The van der Waals surface area contributed by atoms with Crippen molar-refractivity contribution in [3.63, 3.8) is 0 Å². The number of benzene rings is 1. The van der Waals surface area contributed by atoms with E-state index in [0.717, 1.165) is 15.7 Å². The van der Waals surface area contributed by atoms with E-state index in [1.165, 1.54) is 0 Å². The molecule has 7 heteroatoms. The summed E-state index contributed by atoms with van der Waals surface area (Å²) in [6, 6.07) is 5.70. The van der Waals surface area contributed by atoms with Crippen molar-refractivity contribution in [2.45, 2.75) is 13.3 Å². The maximum Gasteiger partial charge on any atom is 0.232 e. The predicted octanol–water partition coefficient (Wildman–Crippen LogP) is 2.68. The summed E-state index contributed by atoms with van der Waals surface area (Å²) in [6.07, 6.45) is 0.215. The molecular formula is C12H13BrClNO3S. The summed E-state index contributed by atoms with van der Waals surface area (Å²) in [5.41, 5.74) is 1.85. The second-order valence-corrected chi connectivity index (χ2v) is 8.41. The molecular weight excluding hydrogens is 354 g/mol. The molecule has 1 aliphatic rings. The van der Waals surface area contributed by atoms with E-state index < -0.39 is 9.05 Å². The quantitative estimate of drug-likeness (QED) is 0.773. The molecule has 1 heterocycles. The molecule has 4 nitrogen and oxygen atoms in total. The largest absolute Gasteiger partial charge is 0.311 e. The minimum atomic E-state index is -3.57. The van der Waals surface area contributed by atoms with Gasteiger partial charge in [-0.05, 0) is 40.5 Å². The number of aryl methyl sites for hydroxylation is 1. The van der Waals surface area contributed by atoms with Gasteiger partial charge in [-0.2, -0.15) is 0 Å². The van der Waals surface area contributed by atoms with Crippen LogP contribution in [-0.2, 0) is 13.8 Å². The van der Waals surface area contributed by atoms with Crippen LogP contribution in [0.4, 0.5) is 5.69 Å². The third kappa shape index (κ3) is 3.70. The molecule has 0 radical (unpaired) electrons. The van der Waals surface area contributed by atoms with Gasteiger partial charge in [0, 0.05) is 34.0 Å². The first kappa shape index (κ1) is 14.8. The highest BCUT2D eigenvalue weighted by Gasteiger charge is 2.33. The molecule has 0 aliphatic carbocycles. The molecule has 0 spiro atoms. The predicted molar refractivity (Wildman–Crippen MR) is 79.0 cm³/mol. The zero-order chi connectivity index (χ0) is 14.2. The zero-order valence-corrected chi connectivity index (χ0v) is 13.4. The van der Waals surface area contributed by atoms with Crippen molar-refractivity contribution in [3.05, 3.63) is 28.2 Å². The third-order valence-electron chi connectivity index (χ3n) is 3.03. The van der Waals surface area contributed by atoms with Gasteiger partial charge in [-0.15, -0.1) is 0 Å². The molecule has 0 aromatic heterocycles. The fourth-order valence-corrected chi connectivity index (χ4v) is 4.27. The highest BCUT2D eigenvalue weighted by Crippen LogP contribution is 2.32. The van der Waals surface area contributed by atoms with Crippen LogP contribution >= 0.6 is 26.6 Å². The van der Waals surface area contributed by atoms with E-state index >= 15 is 0 Å². The van der Waals surface area contributed by atoms with Crippen molar-refractivity contribution in [2.24, 2.45) is 5.92 Å². The fraction of sp³-hybridized carbons (Fsp3) is 0.417. The second kappa shape index (κ2) is 5.42. The van der Waals surface area contributed by atoms with Crippen molar-refractivity contribution in [1.82, 2.24) is 0 Å². The monoisotopic (exact) mass is 365 g/mol. The van der Waals surface area contributed by atoms with Crippen LogP contribution in [-0.4, -0.2) is 26.6 Å². The Morgan fingerprint density at radius 2 is 2.16 bits per heavy atom. The molecule has 1 aliphatic heterocycles. The minimum absolute atomic E-state index is 0.0742. The first-order valence-corrected chi connectivity index (χ1v) is 9.02. The smallest absolute Gasteiger partial charge is 0.232 e. The molecule has 1 fully saturated rings. The van der Waals surface area contributed by atoms with Crippen LogP contribution in [0.3, 0.4) is 0 Å². The number of halogens is 2. The van der Waals surface area contributed by atoms with Crippen LogP contribution in [0.25, 0.3) is 0 Å². The summed E-state index contributed by atoms with van der Waals surface area (Å²) in [5.74, 6) is -0.488. The minimum Gasteiger partial charge on any atom is -0.311 e. The molecule has 0 N–H and O–H groups in total. The Kier molecular flexibility index (Phi) is 4.23. The molecule has 1 atom stereocenters. The van der Waals surface area contributed by atoms with Crippen LogP contribution in [0.1, 0.15) is 12.0 Å². The lowest BCUT2D eigenvalue weighted by molar-refractivity contribution is -0.117. The molecule has 1 unspecified atom stereocenters. The summed E-state index contributed by atoms with van der Waals surface area (Å²) in [6.45, 7) is 2.34. The average Bonchev–Trinajstić information content (AvgIpc) is 2.56. The lowest BCUT2D eigenvalue weighted by atomic mass is 10.1. The summed E-state index contributed by atoms with van der Waals surface area (Å²) in [7, 11) is 1.67. The highest BCUT2D eigenvalue weighted by atomic mass is 79.9. The molecule has 1 saturated heterocycles. The maximum atomic E-state index is 12.0. The molecule has 2 rings (SSSR count). The lowest BCUT2D eigenvalue weighted by Crippen LogP contribution is -2.25. The van der Waals surface area contributed by atoms with Gasteiger partial charge in [-0.3, -0.25) is 4.79 Å². The number of anilines is 1. The number of hydrogen-bond donors (Lipinski definition) is 0. The molecule has 1 aromatic carbocycles. The number of carbonyl (C=O) groups is 1. The lowest BCUT2D eigenvalue weighted by Gasteiger charge is -2.18. The fourth-order valence-electron chi connectivity index (χ4n) is 2.24. The summed E-state index contributed by atoms with van der Waals surface area (Å²) in [4.78, 5) is 13.6. The van der Waals surface area contributed by atoms with E-state index in [1.807, 2.05) is 25.1 Å². The SMILES string of the molecule is Cc1ccc(N2CC(CS(=O)(=O)Cl)CC2=O)c(Br)c1. The van der Waals surface area contributed by atoms with Crippen LogP contribution < -0.4 is 4.90 Å². The highest BCUT2D eigenvalue weighted by molar-refractivity contribution is 9.10. The first-order valence-electron chi connectivity index (χ1n) is 5.75. The number of carbonyl (C=O) groups excluding carboxylic acids is 1. The van der Waals surface area contributed by atoms with Crippen LogP contribution in [0, 0.1) is 12.8 Å². The van der Waals surface area contributed by atoms with Crippen molar-refractivity contribution in [2.75, 3.05) is 17.2 Å². The average molecular weight is 367 g/mol. The Labute approximate surface area is 125 Å². The standard InChI is InChI=1S/C12H13BrClNO3S/c1-8-2-3-11(10(13)4-8)15-6-9(5-12(15)16)7-19(14,17)18/h2-4,9H,5-7H2,1H3. The summed E-state index contributed by atoms with van der Waals surface area (Å²) >= 11 is 3.43. The topological polar surface area (TPSA) is 54.5 Å². The molecule has 19 heavy (non-hydrogen) atoms. The van der Waals surface area contributed by atoms with E-state index in [-0.39, 0.29) is 24.0 Å². The van der Waals surface area contributed by atoms with E-state index in [9.17, 15) is 13.2 Å². The Balaban J connectivity index is 2.20. The Morgan fingerprint density at radius 3 is 2.74 bits per heavy atom. The molecule has 0 saturated carbocycles. The van der Waals surface area contributed by atoms with Gasteiger partial charge >= 0.3 is 0 Å². The Hall–Kier alpha value is -0.590.